The molecule has 9 heteroatoms. The van der Waals surface area contributed by atoms with E-state index >= 15 is 0 Å². The summed E-state index contributed by atoms with van der Waals surface area (Å²) < 4.78 is 28.5. The van der Waals surface area contributed by atoms with E-state index in [0.717, 1.165) is 6.07 Å². The fourth-order valence-corrected chi connectivity index (χ4v) is 4.45. The van der Waals surface area contributed by atoms with Gasteiger partial charge in [-0.05, 0) is 25.3 Å². The maximum atomic E-state index is 13.9. The lowest BCUT2D eigenvalue weighted by atomic mass is 9.99. The van der Waals surface area contributed by atoms with Crippen LogP contribution in [0, 0.1) is 11.6 Å². The van der Waals surface area contributed by atoms with Crippen molar-refractivity contribution in [2.75, 3.05) is 13.1 Å². The van der Waals surface area contributed by atoms with Crippen LogP contribution in [0.15, 0.2) is 23.0 Å². The fraction of sp³-hybridized carbons (Fsp3) is 0.381. The normalized spacial score (nSPS) is 19.7. The van der Waals surface area contributed by atoms with Gasteiger partial charge in [0, 0.05) is 37.0 Å². The van der Waals surface area contributed by atoms with Crippen LogP contribution in [-0.2, 0) is 6.54 Å². The van der Waals surface area contributed by atoms with E-state index in [2.05, 4.69) is 5.32 Å². The first-order valence-electron chi connectivity index (χ1n) is 9.77. The number of pyridine rings is 1. The number of benzene rings is 1. The average molecular weight is 417 g/mol. The third-order valence-electron chi connectivity index (χ3n) is 5.86. The Morgan fingerprint density at radius 1 is 1.30 bits per heavy atom. The summed E-state index contributed by atoms with van der Waals surface area (Å²) in [7, 11) is 0. The Morgan fingerprint density at radius 3 is 2.70 bits per heavy atom. The van der Waals surface area contributed by atoms with Crippen LogP contribution >= 0.6 is 0 Å². The molecule has 1 aromatic carbocycles. The van der Waals surface area contributed by atoms with Crippen LogP contribution in [0.4, 0.5) is 8.78 Å². The Kier molecular flexibility index (Phi) is 4.83. The van der Waals surface area contributed by atoms with Crippen LogP contribution < -0.4 is 10.7 Å². The van der Waals surface area contributed by atoms with Gasteiger partial charge >= 0.3 is 0 Å². The molecule has 0 saturated heterocycles. The van der Waals surface area contributed by atoms with Crippen LogP contribution in [0.3, 0.4) is 0 Å². The molecule has 2 amide bonds. The number of halogens is 2. The molecule has 1 aromatic heterocycles. The van der Waals surface area contributed by atoms with Crippen molar-refractivity contribution in [1.82, 2.24) is 14.8 Å². The first-order chi connectivity index (χ1) is 14.2. The van der Waals surface area contributed by atoms with Gasteiger partial charge in [-0.2, -0.15) is 0 Å². The van der Waals surface area contributed by atoms with Gasteiger partial charge in [0.05, 0.1) is 6.04 Å². The van der Waals surface area contributed by atoms with Crippen LogP contribution in [0.1, 0.15) is 64.3 Å². The van der Waals surface area contributed by atoms with Gasteiger partial charge < -0.3 is 19.9 Å². The summed E-state index contributed by atoms with van der Waals surface area (Å²) in [6, 6.07) is 2.84. The molecule has 0 saturated carbocycles. The van der Waals surface area contributed by atoms with Crippen LogP contribution in [0.2, 0.25) is 0 Å². The second-order valence-electron chi connectivity index (χ2n) is 7.71. The summed E-state index contributed by atoms with van der Waals surface area (Å²) in [5.41, 5.74) is -0.792. The summed E-state index contributed by atoms with van der Waals surface area (Å²) in [5, 5.41) is 13.0. The van der Waals surface area contributed by atoms with E-state index < -0.39 is 34.6 Å². The molecule has 2 aliphatic rings. The molecule has 0 fully saturated rings. The van der Waals surface area contributed by atoms with E-state index in [1.54, 1.807) is 9.47 Å². The Bertz CT molecular complexity index is 1130. The predicted molar refractivity (Wildman–Crippen MR) is 104 cm³/mol. The minimum atomic E-state index is -0.924. The molecule has 3 heterocycles. The number of carbonyl (C=O) groups is 2. The van der Waals surface area contributed by atoms with Crippen molar-refractivity contribution < 1.29 is 23.5 Å². The summed E-state index contributed by atoms with van der Waals surface area (Å²) in [5.74, 6) is -3.71. The molecule has 2 unspecified atom stereocenters. The highest BCUT2D eigenvalue weighted by atomic mass is 19.1. The lowest BCUT2D eigenvalue weighted by Crippen LogP contribution is -2.44. The van der Waals surface area contributed by atoms with Gasteiger partial charge in [-0.3, -0.25) is 14.4 Å². The number of hydrogen-bond donors (Lipinski definition) is 2. The molecule has 7 nitrogen and oxygen atoms in total. The molecule has 0 spiro atoms. The Labute approximate surface area is 170 Å². The zero-order valence-corrected chi connectivity index (χ0v) is 16.5. The average Bonchev–Trinajstić information content (AvgIpc) is 3.02. The van der Waals surface area contributed by atoms with E-state index in [1.165, 1.54) is 6.07 Å². The first kappa shape index (κ1) is 20.1. The quantitative estimate of drug-likeness (QED) is 0.799. The van der Waals surface area contributed by atoms with Crippen LogP contribution in [0.5, 0.6) is 5.75 Å². The van der Waals surface area contributed by atoms with Gasteiger partial charge in [0.25, 0.3) is 11.8 Å². The Morgan fingerprint density at radius 2 is 2.03 bits per heavy atom. The van der Waals surface area contributed by atoms with Crippen molar-refractivity contribution in [3.63, 3.8) is 0 Å². The highest BCUT2D eigenvalue weighted by Gasteiger charge is 2.43. The highest BCUT2D eigenvalue weighted by molar-refractivity contribution is 6.00. The van der Waals surface area contributed by atoms with Gasteiger partial charge in [0.15, 0.2) is 11.4 Å². The summed E-state index contributed by atoms with van der Waals surface area (Å²) >= 11 is 0. The second-order valence-corrected chi connectivity index (χ2v) is 7.71. The van der Waals surface area contributed by atoms with Crippen molar-refractivity contribution >= 4 is 11.8 Å². The standard InChI is InChI=1S/C21H21F2N3O4/c1-3-25-9-13-6-10(2)16-15(18(27)19(28)17(21(25)30)26(13)16)20(29)24-8-11-4-5-12(22)7-14(11)23/h4-5,7,10,13,28H,3,6,8-9H2,1-2H3,(H,24,29). The van der Waals surface area contributed by atoms with Crippen molar-refractivity contribution in [2.24, 2.45) is 0 Å². The highest BCUT2D eigenvalue weighted by Crippen LogP contribution is 2.42. The number of hydrogen-bond acceptors (Lipinski definition) is 4. The molecule has 158 valence electrons. The number of aromatic hydroxyl groups is 1. The van der Waals surface area contributed by atoms with E-state index in [4.69, 9.17) is 0 Å². The number of aromatic nitrogens is 1. The monoisotopic (exact) mass is 417 g/mol. The molecule has 4 rings (SSSR count). The molecule has 2 aromatic rings. The number of amides is 2. The van der Waals surface area contributed by atoms with Crippen LogP contribution in [-0.4, -0.2) is 39.5 Å². The van der Waals surface area contributed by atoms with Gasteiger partial charge in [-0.1, -0.05) is 13.0 Å². The van der Waals surface area contributed by atoms with Crippen LogP contribution in [0.25, 0.3) is 0 Å². The molecule has 30 heavy (non-hydrogen) atoms. The van der Waals surface area contributed by atoms with Crippen molar-refractivity contribution in [3.8, 4) is 5.75 Å². The topological polar surface area (TPSA) is 91.6 Å². The molecule has 2 atom stereocenters. The van der Waals surface area contributed by atoms with Crippen molar-refractivity contribution in [2.45, 2.75) is 38.8 Å². The first-order valence-corrected chi connectivity index (χ1v) is 9.77. The van der Waals surface area contributed by atoms with Crippen molar-refractivity contribution in [1.29, 1.82) is 0 Å². The number of likely N-dealkylation sites (N-methyl/N-ethyl adjacent to an activating group) is 1. The zero-order chi connectivity index (χ0) is 21.7. The third-order valence-corrected chi connectivity index (χ3v) is 5.86. The number of rotatable bonds is 4. The molecule has 2 aliphatic heterocycles. The van der Waals surface area contributed by atoms with E-state index in [9.17, 15) is 28.3 Å². The maximum Gasteiger partial charge on any atom is 0.274 e. The van der Waals surface area contributed by atoms with E-state index in [1.807, 2.05) is 13.8 Å². The molecule has 0 aliphatic carbocycles. The maximum absolute atomic E-state index is 13.9. The number of nitrogens with zero attached hydrogens (tertiary/aromatic N) is 2. The fourth-order valence-electron chi connectivity index (χ4n) is 4.45. The largest absolute Gasteiger partial charge is 0.503 e. The molecular weight excluding hydrogens is 396 g/mol. The zero-order valence-electron chi connectivity index (χ0n) is 16.5. The minimum Gasteiger partial charge on any atom is -0.503 e. The number of nitrogens with one attached hydrogen (secondary N) is 1. The lowest BCUT2D eigenvalue weighted by Gasteiger charge is -2.34. The second kappa shape index (κ2) is 7.23. The number of carbonyl (C=O) groups excluding carboxylic acids is 2. The smallest absolute Gasteiger partial charge is 0.274 e. The van der Waals surface area contributed by atoms with Gasteiger partial charge in [-0.15, -0.1) is 0 Å². The predicted octanol–water partition coefficient (Wildman–Crippen LogP) is 2.29. The van der Waals surface area contributed by atoms with E-state index in [0.29, 0.717) is 31.3 Å². The third kappa shape index (κ3) is 2.96. The Balaban J connectivity index is 1.75. The van der Waals surface area contributed by atoms with Gasteiger partial charge in [0.1, 0.15) is 17.2 Å². The Hall–Kier alpha value is -3.23. The van der Waals surface area contributed by atoms with E-state index in [-0.39, 0.29) is 35.3 Å². The summed E-state index contributed by atoms with van der Waals surface area (Å²) in [4.78, 5) is 40.1. The SMILES string of the molecule is CCN1CC2CC(C)c3c(C(=O)NCc4ccc(F)cc4F)c(=O)c(O)c(n32)C1=O. The molecular formula is C21H21F2N3O4. The van der Waals surface area contributed by atoms with Gasteiger partial charge in [0.2, 0.25) is 5.43 Å². The lowest BCUT2D eigenvalue weighted by molar-refractivity contribution is 0.0675. The molecule has 2 N–H and O–H groups in total. The molecule has 0 radical (unpaired) electrons. The van der Waals surface area contributed by atoms with Crippen molar-refractivity contribution in [3.05, 3.63) is 62.6 Å². The minimum absolute atomic E-state index is 0.0585. The van der Waals surface area contributed by atoms with Gasteiger partial charge in [-0.25, -0.2) is 8.78 Å². The molecule has 0 bridgehead atoms. The summed E-state index contributed by atoms with van der Waals surface area (Å²) in [6.07, 6.45) is 0.618. The summed E-state index contributed by atoms with van der Waals surface area (Å²) in [6.45, 7) is 4.29.